The molecule has 5 rings (SSSR count). The van der Waals surface area contributed by atoms with E-state index in [1.165, 1.54) is 40.3 Å². The molecule has 0 aliphatic rings. The van der Waals surface area contributed by atoms with Gasteiger partial charge in [0.05, 0.1) is 21.5 Å². The number of thiazole rings is 1. The summed E-state index contributed by atoms with van der Waals surface area (Å²) in [4.78, 5) is 21.6. The molecular formula is C21H12FN3O3S2. The van der Waals surface area contributed by atoms with Crippen LogP contribution in [-0.2, 0) is 0 Å². The Bertz CT molecular complexity index is 1390. The summed E-state index contributed by atoms with van der Waals surface area (Å²) in [5.41, 5.74) is 1.70. The number of rotatable bonds is 4. The molecule has 4 aromatic heterocycles. The highest BCUT2D eigenvalue weighted by Crippen LogP contribution is 2.45. The van der Waals surface area contributed by atoms with E-state index in [1.54, 1.807) is 29.8 Å². The Hall–Kier alpha value is -3.56. The molecule has 0 bridgehead atoms. The molecule has 148 valence electrons. The molecule has 0 aliphatic heterocycles. The highest BCUT2D eigenvalue weighted by atomic mass is 32.1. The Kier molecular flexibility index (Phi) is 4.34. The summed E-state index contributed by atoms with van der Waals surface area (Å²) in [5.74, 6) is -1.94. The van der Waals surface area contributed by atoms with E-state index in [9.17, 15) is 19.4 Å². The third-order valence-corrected chi connectivity index (χ3v) is 6.28. The zero-order valence-electron chi connectivity index (χ0n) is 15.1. The standard InChI is InChI=1S/C21H12FN3O3S2/c22-13-3-4-14-15(8-13)30-21(24-14)25-17(12-5-7-29-10-12)16(19(27)20(25)28)18(26)11-2-1-6-23-9-11/h1-10,27-28H. The molecule has 5 aromatic rings. The number of thiophene rings is 1. The van der Waals surface area contributed by atoms with Crippen LogP contribution in [0.2, 0.25) is 0 Å². The van der Waals surface area contributed by atoms with Crippen molar-refractivity contribution >= 4 is 38.7 Å². The lowest BCUT2D eigenvalue weighted by molar-refractivity contribution is 0.103. The first-order valence-electron chi connectivity index (χ1n) is 8.75. The quantitative estimate of drug-likeness (QED) is 0.387. The maximum Gasteiger partial charge on any atom is 0.242 e. The van der Waals surface area contributed by atoms with Gasteiger partial charge in [0.25, 0.3) is 0 Å². The van der Waals surface area contributed by atoms with Gasteiger partial charge in [-0.2, -0.15) is 11.3 Å². The van der Waals surface area contributed by atoms with E-state index in [-0.39, 0.29) is 11.1 Å². The summed E-state index contributed by atoms with van der Waals surface area (Å²) >= 11 is 2.55. The van der Waals surface area contributed by atoms with Gasteiger partial charge in [0.15, 0.2) is 10.9 Å². The molecule has 9 heteroatoms. The topological polar surface area (TPSA) is 88.2 Å². The van der Waals surface area contributed by atoms with Gasteiger partial charge in [0.2, 0.25) is 11.7 Å². The van der Waals surface area contributed by atoms with Crippen molar-refractivity contribution in [2.75, 3.05) is 0 Å². The second kappa shape index (κ2) is 7.05. The molecule has 0 unspecified atom stereocenters. The minimum atomic E-state index is -0.546. The van der Waals surface area contributed by atoms with Crippen molar-refractivity contribution in [1.82, 2.24) is 14.5 Å². The van der Waals surface area contributed by atoms with Gasteiger partial charge in [-0.1, -0.05) is 11.3 Å². The average Bonchev–Trinajstić information content (AvgIpc) is 3.47. The lowest BCUT2D eigenvalue weighted by Crippen LogP contribution is -2.04. The van der Waals surface area contributed by atoms with Crippen LogP contribution in [0, 0.1) is 5.82 Å². The van der Waals surface area contributed by atoms with Crippen LogP contribution >= 0.6 is 22.7 Å². The maximum absolute atomic E-state index is 13.6. The number of pyridine rings is 1. The van der Waals surface area contributed by atoms with E-state index in [2.05, 4.69) is 9.97 Å². The van der Waals surface area contributed by atoms with Gasteiger partial charge in [0.1, 0.15) is 5.82 Å². The van der Waals surface area contributed by atoms with Crippen molar-refractivity contribution < 1.29 is 19.4 Å². The van der Waals surface area contributed by atoms with Gasteiger partial charge in [-0.3, -0.25) is 14.3 Å². The third-order valence-electron chi connectivity index (χ3n) is 4.60. The lowest BCUT2D eigenvalue weighted by atomic mass is 10.0. The Morgan fingerprint density at radius 3 is 2.77 bits per heavy atom. The number of carbonyl (C=O) groups excluding carboxylic acids is 1. The average molecular weight is 437 g/mol. The number of hydrogen-bond donors (Lipinski definition) is 2. The monoisotopic (exact) mass is 437 g/mol. The van der Waals surface area contributed by atoms with Crippen molar-refractivity contribution in [2.24, 2.45) is 0 Å². The number of hydrogen-bond acceptors (Lipinski definition) is 7. The number of halogens is 1. The van der Waals surface area contributed by atoms with Crippen molar-refractivity contribution in [1.29, 1.82) is 0 Å². The summed E-state index contributed by atoms with van der Waals surface area (Å²) in [6.07, 6.45) is 2.94. The Labute approximate surface area is 177 Å². The van der Waals surface area contributed by atoms with Crippen LogP contribution in [0.3, 0.4) is 0 Å². The number of aromatic hydroxyl groups is 2. The predicted molar refractivity (Wildman–Crippen MR) is 113 cm³/mol. The molecule has 30 heavy (non-hydrogen) atoms. The van der Waals surface area contributed by atoms with Gasteiger partial charge < -0.3 is 10.2 Å². The van der Waals surface area contributed by atoms with Gasteiger partial charge >= 0.3 is 0 Å². The van der Waals surface area contributed by atoms with E-state index in [0.717, 1.165) is 11.3 Å². The minimum Gasteiger partial charge on any atom is -0.503 e. The van der Waals surface area contributed by atoms with E-state index in [1.807, 2.05) is 5.38 Å². The maximum atomic E-state index is 13.6. The molecule has 0 amide bonds. The number of carbonyl (C=O) groups is 1. The number of ketones is 1. The van der Waals surface area contributed by atoms with Crippen LogP contribution in [-0.4, -0.2) is 30.5 Å². The zero-order chi connectivity index (χ0) is 20.8. The summed E-state index contributed by atoms with van der Waals surface area (Å²) < 4.78 is 15.5. The summed E-state index contributed by atoms with van der Waals surface area (Å²) in [6.45, 7) is 0. The summed E-state index contributed by atoms with van der Waals surface area (Å²) in [5, 5.41) is 25.4. The van der Waals surface area contributed by atoms with Crippen LogP contribution in [0.25, 0.3) is 26.6 Å². The molecule has 0 aliphatic carbocycles. The highest BCUT2D eigenvalue weighted by Gasteiger charge is 2.31. The van der Waals surface area contributed by atoms with Gasteiger partial charge in [-0.25, -0.2) is 9.37 Å². The molecule has 1 aromatic carbocycles. The molecule has 0 saturated heterocycles. The first-order chi connectivity index (χ1) is 14.5. The molecular weight excluding hydrogens is 425 g/mol. The summed E-state index contributed by atoms with van der Waals surface area (Å²) in [6, 6.07) is 9.17. The molecule has 0 atom stereocenters. The Balaban J connectivity index is 1.80. The molecule has 0 spiro atoms. The van der Waals surface area contributed by atoms with Crippen LogP contribution in [0.1, 0.15) is 15.9 Å². The highest BCUT2D eigenvalue weighted by molar-refractivity contribution is 7.20. The van der Waals surface area contributed by atoms with Crippen molar-refractivity contribution in [3.8, 4) is 28.0 Å². The largest absolute Gasteiger partial charge is 0.503 e. The van der Waals surface area contributed by atoms with Crippen molar-refractivity contribution in [3.05, 3.63) is 76.5 Å². The fourth-order valence-corrected chi connectivity index (χ4v) is 4.88. The SMILES string of the molecule is O=C(c1cccnc1)c1c(O)c(O)n(-c2nc3ccc(F)cc3s2)c1-c1ccsc1. The first-order valence-corrected chi connectivity index (χ1v) is 10.5. The van der Waals surface area contributed by atoms with Crippen molar-refractivity contribution in [2.45, 2.75) is 0 Å². The second-order valence-electron chi connectivity index (χ2n) is 6.42. The van der Waals surface area contributed by atoms with Crippen molar-refractivity contribution in [3.63, 3.8) is 0 Å². The molecule has 4 heterocycles. The molecule has 0 radical (unpaired) electrons. The second-order valence-corrected chi connectivity index (χ2v) is 8.21. The third kappa shape index (κ3) is 2.87. The van der Waals surface area contributed by atoms with E-state index < -0.39 is 23.2 Å². The van der Waals surface area contributed by atoms with Gasteiger partial charge in [-0.15, -0.1) is 0 Å². The number of benzene rings is 1. The fraction of sp³-hybridized carbons (Fsp3) is 0. The molecule has 0 saturated carbocycles. The number of fused-ring (bicyclic) bond motifs is 1. The van der Waals surface area contributed by atoms with E-state index >= 15 is 0 Å². The minimum absolute atomic E-state index is 0.0515. The fourth-order valence-electron chi connectivity index (χ4n) is 3.24. The van der Waals surface area contributed by atoms with Crippen LogP contribution in [0.4, 0.5) is 4.39 Å². The van der Waals surface area contributed by atoms with E-state index in [4.69, 9.17) is 0 Å². The van der Waals surface area contributed by atoms with E-state index in [0.29, 0.717) is 26.6 Å². The molecule has 0 fully saturated rings. The lowest BCUT2D eigenvalue weighted by Gasteiger charge is -2.07. The Morgan fingerprint density at radius 2 is 2.03 bits per heavy atom. The van der Waals surface area contributed by atoms with Crippen LogP contribution in [0.15, 0.2) is 59.6 Å². The molecule has 6 nitrogen and oxygen atoms in total. The van der Waals surface area contributed by atoms with Gasteiger partial charge in [0, 0.05) is 28.9 Å². The predicted octanol–water partition coefficient (Wildman–Crippen LogP) is 4.99. The van der Waals surface area contributed by atoms with Crippen LogP contribution < -0.4 is 0 Å². The molecule has 2 N–H and O–H groups in total. The Morgan fingerprint density at radius 1 is 1.17 bits per heavy atom. The first kappa shape index (κ1) is 18.5. The number of nitrogens with zero attached hydrogens (tertiary/aromatic N) is 3. The van der Waals surface area contributed by atoms with Crippen LogP contribution in [0.5, 0.6) is 11.6 Å². The normalized spacial score (nSPS) is 11.2. The number of aromatic nitrogens is 3. The summed E-state index contributed by atoms with van der Waals surface area (Å²) in [7, 11) is 0. The zero-order valence-corrected chi connectivity index (χ0v) is 16.7. The smallest absolute Gasteiger partial charge is 0.242 e. The van der Waals surface area contributed by atoms with Gasteiger partial charge in [-0.05, 0) is 41.8 Å².